The average molecular weight is 264 g/mol. The molecule has 0 bridgehead atoms. The Hall–Kier alpha value is -0.560. The second-order valence-corrected chi connectivity index (χ2v) is 6.21. The molecule has 19 heavy (non-hydrogen) atoms. The van der Waals surface area contributed by atoms with Crippen molar-refractivity contribution in [1.82, 2.24) is 0 Å². The molecular weight excluding hydrogens is 232 g/mol. The van der Waals surface area contributed by atoms with E-state index in [9.17, 15) is 5.11 Å². The summed E-state index contributed by atoms with van der Waals surface area (Å²) in [5, 5.41) is 10.9. The fourth-order valence-corrected chi connectivity index (χ4v) is 3.46. The first kappa shape index (κ1) is 16.5. The van der Waals surface area contributed by atoms with Gasteiger partial charge in [-0.3, -0.25) is 0 Å². The summed E-state index contributed by atoms with van der Waals surface area (Å²) in [6.45, 7) is 8.21. The largest absolute Gasteiger partial charge is 0.385 e. The monoisotopic (exact) mass is 264 g/mol. The van der Waals surface area contributed by atoms with Crippen LogP contribution < -0.4 is 0 Å². The van der Waals surface area contributed by atoms with E-state index < -0.39 is 5.60 Å². The lowest BCUT2D eigenvalue weighted by molar-refractivity contribution is -0.142. The molecule has 1 saturated carbocycles. The Kier molecular flexibility index (Phi) is 6.85. The van der Waals surface area contributed by atoms with Gasteiger partial charge in [-0.15, -0.1) is 0 Å². The van der Waals surface area contributed by atoms with Gasteiger partial charge in [0.25, 0.3) is 0 Å². The van der Waals surface area contributed by atoms with E-state index in [1.54, 1.807) is 6.08 Å². The first-order chi connectivity index (χ1) is 9.14. The van der Waals surface area contributed by atoms with Gasteiger partial charge in [0.15, 0.2) is 0 Å². The zero-order chi connectivity index (χ0) is 14.2. The summed E-state index contributed by atoms with van der Waals surface area (Å²) >= 11 is 0. The quantitative estimate of drug-likeness (QED) is 0.414. The maximum atomic E-state index is 10.9. The van der Waals surface area contributed by atoms with E-state index in [0.29, 0.717) is 0 Å². The Balaban J connectivity index is 2.68. The SMILES string of the molecule is C=C/C=C\C1(O)CCC1(CCCCC)CCCCC. The Morgan fingerprint density at radius 2 is 1.58 bits per heavy atom. The summed E-state index contributed by atoms with van der Waals surface area (Å²) in [5.74, 6) is 0. The molecule has 1 aliphatic rings. The van der Waals surface area contributed by atoms with Gasteiger partial charge in [-0.25, -0.2) is 0 Å². The number of hydrogen-bond acceptors (Lipinski definition) is 1. The predicted octanol–water partition coefficient (Wildman–Crippen LogP) is 5.40. The number of unbranched alkanes of at least 4 members (excludes halogenated alkanes) is 4. The smallest absolute Gasteiger partial charge is 0.0886 e. The number of allylic oxidation sites excluding steroid dienone is 2. The van der Waals surface area contributed by atoms with Gasteiger partial charge < -0.3 is 5.11 Å². The number of rotatable bonds is 10. The molecule has 0 amide bonds. The molecule has 1 atom stereocenters. The lowest BCUT2D eigenvalue weighted by atomic mass is 9.52. The van der Waals surface area contributed by atoms with Gasteiger partial charge in [-0.1, -0.05) is 77.2 Å². The molecule has 0 heterocycles. The van der Waals surface area contributed by atoms with E-state index in [-0.39, 0.29) is 5.41 Å². The second kappa shape index (κ2) is 7.89. The summed E-state index contributed by atoms with van der Waals surface area (Å²) in [6.07, 6.45) is 17.8. The minimum Gasteiger partial charge on any atom is -0.385 e. The van der Waals surface area contributed by atoms with Crippen LogP contribution in [-0.4, -0.2) is 10.7 Å². The summed E-state index contributed by atoms with van der Waals surface area (Å²) in [7, 11) is 0. The topological polar surface area (TPSA) is 20.2 Å². The summed E-state index contributed by atoms with van der Waals surface area (Å²) < 4.78 is 0. The van der Waals surface area contributed by atoms with Crippen molar-refractivity contribution < 1.29 is 5.11 Å². The van der Waals surface area contributed by atoms with E-state index >= 15 is 0 Å². The summed E-state index contributed by atoms with van der Waals surface area (Å²) in [6, 6.07) is 0. The van der Waals surface area contributed by atoms with Gasteiger partial charge in [-0.05, 0) is 25.7 Å². The highest BCUT2D eigenvalue weighted by Crippen LogP contribution is 2.57. The molecule has 1 unspecified atom stereocenters. The molecule has 0 aromatic heterocycles. The minimum atomic E-state index is -0.567. The molecule has 0 saturated heterocycles. The van der Waals surface area contributed by atoms with Crippen molar-refractivity contribution in [1.29, 1.82) is 0 Å². The van der Waals surface area contributed by atoms with Gasteiger partial charge in [0, 0.05) is 5.41 Å². The second-order valence-electron chi connectivity index (χ2n) is 6.21. The zero-order valence-electron chi connectivity index (χ0n) is 13.0. The van der Waals surface area contributed by atoms with Crippen LogP contribution >= 0.6 is 0 Å². The van der Waals surface area contributed by atoms with Crippen molar-refractivity contribution in [2.24, 2.45) is 5.41 Å². The van der Waals surface area contributed by atoms with Crippen LogP contribution in [0.25, 0.3) is 0 Å². The van der Waals surface area contributed by atoms with Crippen LogP contribution in [0.15, 0.2) is 24.8 Å². The molecule has 1 aliphatic carbocycles. The highest BCUT2D eigenvalue weighted by atomic mass is 16.3. The molecule has 0 radical (unpaired) electrons. The van der Waals surface area contributed by atoms with Gasteiger partial charge >= 0.3 is 0 Å². The van der Waals surface area contributed by atoms with Crippen LogP contribution in [-0.2, 0) is 0 Å². The van der Waals surface area contributed by atoms with Gasteiger partial charge in [0.05, 0.1) is 5.60 Å². The maximum absolute atomic E-state index is 10.9. The Morgan fingerprint density at radius 3 is 1.95 bits per heavy atom. The molecule has 0 spiro atoms. The molecule has 0 aromatic carbocycles. The molecule has 1 heteroatoms. The number of aliphatic hydroxyl groups is 1. The maximum Gasteiger partial charge on any atom is 0.0886 e. The van der Waals surface area contributed by atoms with Gasteiger partial charge in [0.2, 0.25) is 0 Å². The zero-order valence-corrected chi connectivity index (χ0v) is 13.0. The lowest BCUT2D eigenvalue weighted by Gasteiger charge is -2.56. The van der Waals surface area contributed by atoms with Gasteiger partial charge in [0.1, 0.15) is 0 Å². The van der Waals surface area contributed by atoms with Crippen LogP contribution in [0, 0.1) is 5.41 Å². The fourth-order valence-electron chi connectivity index (χ4n) is 3.46. The molecule has 1 fully saturated rings. The molecule has 0 aromatic rings. The average Bonchev–Trinajstić information content (AvgIpc) is 2.42. The van der Waals surface area contributed by atoms with Gasteiger partial charge in [-0.2, -0.15) is 0 Å². The Bertz CT molecular complexity index is 282. The normalized spacial score (nSPS) is 25.4. The van der Waals surface area contributed by atoms with Crippen molar-refractivity contribution in [3.05, 3.63) is 24.8 Å². The van der Waals surface area contributed by atoms with Crippen molar-refractivity contribution in [2.75, 3.05) is 0 Å². The third-order valence-electron chi connectivity index (χ3n) is 4.93. The highest BCUT2D eigenvalue weighted by molar-refractivity contribution is 5.20. The van der Waals surface area contributed by atoms with Crippen LogP contribution in [0.1, 0.15) is 78.1 Å². The van der Waals surface area contributed by atoms with Crippen molar-refractivity contribution in [3.63, 3.8) is 0 Å². The highest BCUT2D eigenvalue weighted by Gasteiger charge is 2.55. The minimum absolute atomic E-state index is 0.150. The first-order valence-electron chi connectivity index (χ1n) is 8.17. The molecule has 1 rings (SSSR count). The summed E-state index contributed by atoms with van der Waals surface area (Å²) in [4.78, 5) is 0. The Morgan fingerprint density at radius 1 is 1.00 bits per heavy atom. The predicted molar refractivity (Wildman–Crippen MR) is 84.2 cm³/mol. The molecule has 0 aliphatic heterocycles. The number of hydrogen-bond donors (Lipinski definition) is 1. The van der Waals surface area contributed by atoms with E-state index in [4.69, 9.17) is 0 Å². The third kappa shape index (κ3) is 3.95. The first-order valence-corrected chi connectivity index (χ1v) is 8.17. The fraction of sp³-hybridized carbons (Fsp3) is 0.778. The van der Waals surface area contributed by atoms with Crippen molar-refractivity contribution >= 4 is 0 Å². The van der Waals surface area contributed by atoms with Crippen LogP contribution in [0.5, 0.6) is 0 Å². The van der Waals surface area contributed by atoms with Crippen LogP contribution in [0.2, 0.25) is 0 Å². The third-order valence-corrected chi connectivity index (χ3v) is 4.93. The summed E-state index contributed by atoms with van der Waals surface area (Å²) in [5.41, 5.74) is -0.417. The Labute approximate surface area is 119 Å². The van der Waals surface area contributed by atoms with E-state index in [0.717, 1.165) is 6.42 Å². The van der Waals surface area contributed by atoms with Crippen LogP contribution in [0.3, 0.4) is 0 Å². The van der Waals surface area contributed by atoms with Crippen molar-refractivity contribution in [3.8, 4) is 0 Å². The van der Waals surface area contributed by atoms with Crippen molar-refractivity contribution in [2.45, 2.75) is 83.7 Å². The standard InChI is InChI=1S/C18H32O/c1-4-7-10-12-17(13-11-8-5-2)15-16-18(17,19)14-9-6-3/h6,9,14,19H,3-5,7-8,10-13,15-16H2,1-2H3/b14-9-. The molecular formula is C18H32O. The molecule has 1 N–H and O–H groups in total. The molecule has 1 nitrogen and oxygen atoms in total. The van der Waals surface area contributed by atoms with E-state index in [2.05, 4.69) is 20.4 Å². The van der Waals surface area contributed by atoms with Crippen LogP contribution in [0.4, 0.5) is 0 Å². The lowest BCUT2D eigenvalue weighted by Crippen LogP contribution is -2.56. The van der Waals surface area contributed by atoms with E-state index in [1.165, 1.54) is 57.8 Å². The molecule has 110 valence electrons. The van der Waals surface area contributed by atoms with E-state index in [1.807, 2.05) is 12.2 Å².